The number of benzene rings is 1. The maximum Gasteiger partial charge on any atom is 0.194 e. The zero-order chi connectivity index (χ0) is 19.3. The first-order valence-electron chi connectivity index (χ1n) is 9.68. The van der Waals surface area contributed by atoms with E-state index in [1.54, 1.807) is 12.3 Å². The summed E-state index contributed by atoms with van der Waals surface area (Å²) in [7, 11) is 1.83. The Kier molecular flexibility index (Phi) is 6.10. The van der Waals surface area contributed by atoms with Gasteiger partial charge in [-0.2, -0.15) is 0 Å². The number of ether oxygens (including phenoxy) is 1. The Morgan fingerprint density at radius 2 is 2.07 bits per heavy atom. The van der Waals surface area contributed by atoms with Gasteiger partial charge in [-0.25, -0.2) is 4.98 Å². The summed E-state index contributed by atoms with van der Waals surface area (Å²) in [6.07, 6.45) is 2.00. The zero-order valence-electron chi connectivity index (χ0n) is 16.1. The van der Waals surface area contributed by atoms with Crippen LogP contribution in [0.2, 0.25) is 5.15 Å². The topological polar surface area (TPSA) is 53.0 Å². The fourth-order valence-electron chi connectivity index (χ4n) is 3.97. The van der Waals surface area contributed by atoms with Gasteiger partial charge in [0.05, 0.1) is 18.8 Å². The maximum absolute atomic E-state index is 6.08. The molecule has 0 amide bonds. The molecule has 2 aliphatic heterocycles. The summed E-state index contributed by atoms with van der Waals surface area (Å²) in [5.74, 6) is 0.896. The summed E-state index contributed by atoms with van der Waals surface area (Å²) < 4.78 is 6.08. The van der Waals surface area contributed by atoms with E-state index in [2.05, 4.69) is 55.4 Å². The van der Waals surface area contributed by atoms with Crippen LogP contribution >= 0.6 is 11.6 Å². The largest absolute Gasteiger partial charge is 0.373 e. The smallest absolute Gasteiger partial charge is 0.194 e. The highest BCUT2D eigenvalue weighted by Gasteiger charge is 2.41. The van der Waals surface area contributed by atoms with E-state index in [0.717, 1.165) is 44.3 Å². The van der Waals surface area contributed by atoms with Crippen LogP contribution in [0.5, 0.6) is 0 Å². The van der Waals surface area contributed by atoms with Crippen LogP contribution in [0.3, 0.4) is 0 Å². The Bertz CT molecular complexity index is 798. The second kappa shape index (κ2) is 8.90. The number of nitrogens with zero attached hydrogens (tertiary/aromatic N) is 4. The van der Waals surface area contributed by atoms with E-state index in [1.807, 2.05) is 13.1 Å². The quantitative estimate of drug-likeness (QED) is 0.486. The van der Waals surface area contributed by atoms with Gasteiger partial charge in [-0.15, -0.1) is 0 Å². The molecule has 0 spiro atoms. The molecule has 2 unspecified atom stereocenters. The van der Waals surface area contributed by atoms with Gasteiger partial charge in [0.2, 0.25) is 0 Å². The molecule has 3 heterocycles. The molecule has 1 N–H and O–H groups in total. The van der Waals surface area contributed by atoms with E-state index in [4.69, 9.17) is 16.3 Å². The summed E-state index contributed by atoms with van der Waals surface area (Å²) in [5.41, 5.74) is 2.42. The van der Waals surface area contributed by atoms with Gasteiger partial charge in [0, 0.05) is 46.0 Å². The molecule has 0 aliphatic carbocycles. The van der Waals surface area contributed by atoms with Crippen molar-refractivity contribution >= 4 is 17.6 Å². The number of hydrogen-bond acceptors (Lipinski definition) is 4. The fraction of sp³-hybridized carbons (Fsp3) is 0.429. The minimum absolute atomic E-state index is 0.216. The van der Waals surface area contributed by atoms with Crippen LogP contribution in [-0.2, 0) is 17.8 Å². The molecule has 2 atom stereocenters. The van der Waals surface area contributed by atoms with E-state index in [9.17, 15) is 0 Å². The van der Waals surface area contributed by atoms with E-state index < -0.39 is 0 Å². The van der Waals surface area contributed by atoms with Crippen molar-refractivity contribution < 1.29 is 4.74 Å². The van der Waals surface area contributed by atoms with Crippen LogP contribution in [0.25, 0.3) is 0 Å². The second-order valence-electron chi connectivity index (χ2n) is 7.23. The summed E-state index contributed by atoms with van der Waals surface area (Å²) in [6.45, 7) is 5.14. The number of nitrogens with one attached hydrogen (secondary N) is 1. The van der Waals surface area contributed by atoms with E-state index in [0.29, 0.717) is 17.7 Å². The van der Waals surface area contributed by atoms with E-state index >= 15 is 0 Å². The Morgan fingerprint density at radius 1 is 1.21 bits per heavy atom. The van der Waals surface area contributed by atoms with Gasteiger partial charge in [-0.3, -0.25) is 9.89 Å². The number of hydrogen-bond donors (Lipinski definition) is 1. The van der Waals surface area contributed by atoms with E-state index in [-0.39, 0.29) is 6.10 Å². The Balaban J connectivity index is 1.38. The number of aromatic nitrogens is 1. The molecule has 0 saturated carbocycles. The number of aliphatic imine (C=N–C) groups is 1. The molecule has 28 heavy (non-hydrogen) atoms. The summed E-state index contributed by atoms with van der Waals surface area (Å²) >= 11 is 5.86. The first-order valence-corrected chi connectivity index (χ1v) is 10.1. The third kappa shape index (κ3) is 4.46. The zero-order valence-corrected chi connectivity index (χ0v) is 16.8. The van der Waals surface area contributed by atoms with Gasteiger partial charge in [0.1, 0.15) is 5.15 Å². The highest BCUT2D eigenvalue weighted by molar-refractivity contribution is 6.29. The van der Waals surface area contributed by atoms with Crippen molar-refractivity contribution in [1.29, 1.82) is 0 Å². The predicted molar refractivity (Wildman–Crippen MR) is 111 cm³/mol. The van der Waals surface area contributed by atoms with Crippen LogP contribution in [0.1, 0.15) is 11.1 Å². The van der Waals surface area contributed by atoms with Crippen molar-refractivity contribution in [3.8, 4) is 0 Å². The Morgan fingerprint density at radius 3 is 2.82 bits per heavy atom. The normalized spacial score (nSPS) is 22.9. The maximum atomic E-state index is 6.08. The van der Waals surface area contributed by atoms with Crippen molar-refractivity contribution in [2.24, 2.45) is 4.99 Å². The number of morpholine rings is 1. The van der Waals surface area contributed by atoms with Crippen LogP contribution in [0.4, 0.5) is 0 Å². The van der Waals surface area contributed by atoms with Crippen LogP contribution < -0.4 is 5.32 Å². The first-order chi connectivity index (χ1) is 13.7. The van der Waals surface area contributed by atoms with Crippen LogP contribution in [0, 0.1) is 0 Å². The van der Waals surface area contributed by atoms with Gasteiger partial charge in [-0.05, 0) is 17.2 Å². The molecule has 4 rings (SSSR count). The van der Waals surface area contributed by atoms with Crippen LogP contribution in [-0.4, -0.2) is 66.2 Å². The molecule has 0 radical (unpaired) electrons. The molecular weight excluding hydrogens is 374 g/mol. The molecule has 7 heteroatoms. The molecule has 1 aromatic heterocycles. The fourth-order valence-corrected chi connectivity index (χ4v) is 4.08. The van der Waals surface area contributed by atoms with Gasteiger partial charge < -0.3 is 15.0 Å². The predicted octanol–water partition coefficient (Wildman–Crippen LogP) is 2.40. The van der Waals surface area contributed by atoms with Crippen molar-refractivity contribution in [2.45, 2.75) is 25.2 Å². The van der Waals surface area contributed by atoms with Crippen molar-refractivity contribution in [3.63, 3.8) is 0 Å². The second-order valence-corrected chi connectivity index (χ2v) is 7.61. The van der Waals surface area contributed by atoms with Crippen molar-refractivity contribution in [3.05, 3.63) is 64.9 Å². The molecule has 2 fully saturated rings. The minimum Gasteiger partial charge on any atom is -0.373 e. The third-order valence-corrected chi connectivity index (χ3v) is 5.62. The molecule has 2 saturated heterocycles. The summed E-state index contributed by atoms with van der Waals surface area (Å²) in [6, 6.07) is 14.8. The SMILES string of the molecule is CN=C(NCc1ccc(Cl)nc1)N1CC2OCCN(Cc3ccccc3)C2C1. The number of rotatable bonds is 4. The Hall–Kier alpha value is -2.15. The number of halogens is 1. The molecule has 1 aromatic carbocycles. The van der Waals surface area contributed by atoms with Crippen molar-refractivity contribution in [1.82, 2.24) is 20.1 Å². The average molecular weight is 400 g/mol. The van der Waals surface area contributed by atoms with Gasteiger partial charge >= 0.3 is 0 Å². The lowest BCUT2D eigenvalue weighted by Crippen LogP contribution is -2.50. The van der Waals surface area contributed by atoms with Crippen molar-refractivity contribution in [2.75, 3.05) is 33.3 Å². The number of likely N-dealkylation sites (tertiary alicyclic amines) is 1. The highest BCUT2D eigenvalue weighted by Crippen LogP contribution is 2.24. The lowest BCUT2D eigenvalue weighted by atomic mass is 10.1. The minimum atomic E-state index is 0.216. The van der Waals surface area contributed by atoms with Gasteiger partial charge in [0.25, 0.3) is 0 Å². The van der Waals surface area contributed by atoms with Gasteiger partial charge in [-0.1, -0.05) is 48.0 Å². The number of guanidine groups is 1. The molecule has 6 nitrogen and oxygen atoms in total. The molecule has 2 aliphatic rings. The monoisotopic (exact) mass is 399 g/mol. The number of fused-ring (bicyclic) bond motifs is 1. The molecule has 2 aromatic rings. The molecular formula is C21H26ClN5O. The van der Waals surface area contributed by atoms with Gasteiger partial charge in [0.15, 0.2) is 5.96 Å². The summed E-state index contributed by atoms with van der Waals surface area (Å²) in [5, 5.41) is 3.95. The lowest BCUT2D eigenvalue weighted by Gasteiger charge is -2.36. The summed E-state index contributed by atoms with van der Waals surface area (Å²) in [4.78, 5) is 13.5. The van der Waals surface area contributed by atoms with E-state index in [1.165, 1.54) is 5.56 Å². The van der Waals surface area contributed by atoms with Crippen LogP contribution in [0.15, 0.2) is 53.7 Å². The average Bonchev–Trinajstić information content (AvgIpc) is 3.16. The number of pyridine rings is 1. The Labute approximate surface area is 171 Å². The third-order valence-electron chi connectivity index (χ3n) is 5.40. The lowest BCUT2D eigenvalue weighted by molar-refractivity contribution is -0.0502. The molecule has 148 valence electrons. The standard InChI is InChI=1S/C21H26ClN5O/c1-23-21(25-12-17-7-8-20(22)24-11-17)27-14-18-19(15-27)28-10-9-26(18)13-16-5-3-2-4-6-16/h2-8,11,18-19H,9-10,12-15H2,1H3,(H,23,25). The highest BCUT2D eigenvalue weighted by atomic mass is 35.5. The molecule has 0 bridgehead atoms. The first kappa shape index (κ1) is 19.2.